The molecule has 1 saturated heterocycles. The molecule has 0 saturated carbocycles. The minimum absolute atomic E-state index is 0.0430. The van der Waals surface area contributed by atoms with Crippen LogP contribution < -0.4 is 4.72 Å². The lowest BCUT2D eigenvalue weighted by atomic mass is 10.0. The van der Waals surface area contributed by atoms with E-state index in [1.54, 1.807) is 0 Å². The average molecular weight is 362 g/mol. The standard InChI is InChI=1S/C16H24F2N2O3S/c1-12(2)10-13(20-6-8-23-9-7-20)11-19-24(21,22)16-14(17)4-3-5-15(16)18/h3-5,12-13,19H,6-11H2,1-2H3. The summed E-state index contributed by atoms with van der Waals surface area (Å²) in [6.45, 7) is 6.85. The molecule has 1 aliphatic heterocycles. The van der Waals surface area contributed by atoms with Gasteiger partial charge in [0.2, 0.25) is 10.0 Å². The topological polar surface area (TPSA) is 58.6 Å². The Morgan fingerprint density at radius 1 is 1.21 bits per heavy atom. The second-order valence-electron chi connectivity index (χ2n) is 6.33. The Bertz CT molecular complexity index is 626. The molecule has 0 aliphatic carbocycles. The van der Waals surface area contributed by atoms with E-state index in [2.05, 4.69) is 23.5 Å². The SMILES string of the molecule is CC(C)CC(CNS(=O)(=O)c1c(F)cccc1F)N1CCOCC1. The molecule has 136 valence electrons. The van der Waals surface area contributed by atoms with Gasteiger partial charge in [-0.05, 0) is 24.5 Å². The summed E-state index contributed by atoms with van der Waals surface area (Å²) in [7, 11) is -4.25. The number of nitrogens with one attached hydrogen (secondary N) is 1. The first-order chi connectivity index (χ1) is 11.3. The smallest absolute Gasteiger partial charge is 0.246 e. The van der Waals surface area contributed by atoms with E-state index < -0.39 is 26.6 Å². The van der Waals surface area contributed by atoms with Crippen molar-refractivity contribution >= 4 is 10.0 Å². The summed E-state index contributed by atoms with van der Waals surface area (Å²) in [6.07, 6.45) is 0.780. The van der Waals surface area contributed by atoms with Crippen molar-refractivity contribution in [3.63, 3.8) is 0 Å². The number of sulfonamides is 1. The van der Waals surface area contributed by atoms with Crippen LogP contribution in [0.1, 0.15) is 20.3 Å². The summed E-state index contributed by atoms with van der Waals surface area (Å²) in [6, 6.07) is 2.97. The van der Waals surface area contributed by atoms with Gasteiger partial charge in [0.05, 0.1) is 13.2 Å². The van der Waals surface area contributed by atoms with E-state index >= 15 is 0 Å². The van der Waals surface area contributed by atoms with Crippen LogP contribution in [0.25, 0.3) is 0 Å². The van der Waals surface area contributed by atoms with E-state index in [4.69, 9.17) is 4.74 Å². The van der Waals surface area contributed by atoms with Gasteiger partial charge in [0.1, 0.15) is 11.6 Å². The number of benzene rings is 1. The maximum Gasteiger partial charge on any atom is 0.246 e. The number of morpholine rings is 1. The summed E-state index contributed by atoms with van der Waals surface area (Å²) in [4.78, 5) is 1.24. The van der Waals surface area contributed by atoms with E-state index in [1.807, 2.05) is 0 Å². The van der Waals surface area contributed by atoms with Crippen LogP contribution in [0.15, 0.2) is 23.1 Å². The molecule has 1 fully saturated rings. The van der Waals surface area contributed by atoms with Crippen molar-refractivity contribution in [1.29, 1.82) is 0 Å². The third-order valence-corrected chi connectivity index (χ3v) is 5.48. The number of nitrogens with zero attached hydrogens (tertiary/aromatic N) is 1. The van der Waals surface area contributed by atoms with Crippen LogP contribution >= 0.6 is 0 Å². The molecule has 1 aliphatic rings. The molecule has 0 bridgehead atoms. The molecule has 0 aromatic heterocycles. The second kappa shape index (κ2) is 8.33. The third kappa shape index (κ3) is 4.95. The molecule has 1 unspecified atom stereocenters. The van der Waals surface area contributed by atoms with Gasteiger partial charge in [0.25, 0.3) is 0 Å². The quantitative estimate of drug-likeness (QED) is 0.806. The van der Waals surface area contributed by atoms with Gasteiger partial charge in [-0.3, -0.25) is 4.90 Å². The van der Waals surface area contributed by atoms with Crippen molar-refractivity contribution in [2.24, 2.45) is 5.92 Å². The van der Waals surface area contributed by atoms with Gasteiger partial charge >= 0.3 is 0 Å². The molecule has 0 radical (unpaired) electrons. The van der Waals surface area contributed by atoms with Crippen molar-refractivity contribution in [1.82, 2.24) is 9.62 Å². The van der Waals surface area contributed by atoms with Crippen molar-refractivity contribution in [3.8, 4) is 0 Å². The van der Waals surface area contributed by atoms with E-state index in [9.17, 15) is 17.2 Å². The minimum Gasteiger partial charge on any atom is -0.379 e. The van der Waals surface area contributed by atoms with Gasteiger partial charge in [0, 0.05) is 25.7 Å². The van der Waals surface area contributed by atoms with Crippen molar-refractivity contribution in [3.05, 3.63) is 29.8 Å². The summed E-state index contributed by atoms with van der Waals surface area (Å²) >= 11 is 0. The lowest BCUT2D eigenvalue weighted by molar-refractivity contribution is 0.0134. The Kier molecular flexibility index (Phi) is 6.68. The molecule has 1 heterocycles. The van der Waals surface area contributed by atoms with Crippen LogP contribution in [0.2, 0.25) is 0 Å². The number of rotatable bonds is 7. The van der Waals surface area contributed by atoms with E-state index in [0.717, 1.165) is 24.6 Å². The molecular formula is C16H24F2N2O3S. The minimum atomic E-state index is -4.25. The Morgan fingerprint density at radius 3 is 2.33 bits per heavy atom. The number of halogens is 2. The lowest BCUT2D eigenvalue weighted by Gasteiger charge is -2.35. The predicted octanol–water partition coefficient (Wildman–Crippen LogP) is 1.99. The summed E-state index contributed by atoms with van der Waals surface area (Å²) < 4.78 is 59.8. The predicted molar refractivity (Wildman–Crippen MR) is 87.2 cm³/mol. The first-order valence-corrected chi connectivity index (χ1v) is 9.55. The fourth-order valence-corrected chi connectivity index (χ4v) is 4.07. The summed E-state index contributed by atoms with van der Waals surface area (Å²) in [5, 5.41) is 0. The van der Waals surface area contributed by atoms with Crippen molar-refractivity contribution in [2.75, 3.05) is 32.8 Å². The van der Waals surface area contributed by atoms with Gasteiger partial charge < -0.3 is 4.74 Å². The Balaban J connectivity index is 2.12. The van der Waals surface area contributed by atoms with Crippen molar-refractivity contribution in [2.45, 2.75) is 31.2 Å². The molecule has 8 heteroatoms. The Labute approximate surface area is 142 Å². The molecule has 24 heavy (non-hydrogen) atoms. The van der Waals surface area contributed by atoms with Gasteiger partial charge in [-0.1, -0.05) is 19.9 Å². The van der Waals surface area contributed by atoms with Crippen LogP contribution in [0, 0.1) is 17.6 Å². The zero-order valence-corrected chi connectivity index (χ0v) is 14.8. The maximum atomic E-state index is 13.7. The maximum absolute atomic E-state index is 13.7. The van der Waals surface area contributed by atoms with Crippen molar-refractivity contribution < 1.29 is 21.9 Å². The molecule has 5 nitrogen and oxygen atoms in total. The van der Waals surface area contributed by atoms with Gasteiger partial charge in [-0.25, -0.2) is 21.9 Å². The Hall–Kier alpha value is -1.09. The van der Waals surface area contributed by atoms with Crippen LogP contribution in [0.4, 0.5) is 8.78 Å². The van der Waals surface area contributed by atoms with Gasteiger partial charge in [-0.2, -0.15) is 0 Å². The Morgan fingerprint density at radius 2 is 1.79 bits per heavy atom. The highest BCUT2D eigenvalue weighted by Gasteiger charge is 2.27. The molecule has 1 N–H and O–H groups in total. The molecule has 1 atom stereocenters. The zero-order valence-electron chi connectivity index (χ0n) is 14.0. The van der Waals surface area contributed by atoms with E-state index in [-0.39, 0.29) is 12.6 Å². The zero-order chi connectivity index (χ0) is 17.7. The molecule has 1 aromatic rings. The molecule has 0 amide bonds. The highest BCUT2D eigenvalue weighted by molar-refractivity contribution is 7.89. The van der Waals surface area contributed by atoms with E-state index in [0.29, 0.717) is 32.2 Å². The highest BCUT2D eigenvalue weighted by atomic mass is 32.2. The largest absolute Gasteiger partial charge is 0.379 e. The molecule has 0 spiro atoms. The number of hydrogen-bond acceptors (Lipinski definition) is 4. The molecular weight excluding hydrogens is 338 g/mol. The number of ether oxygens (including phenoxy) is 1. The first kappa shape index (κ1) is 19.2. The first-order valence-electron chi connectivity index (χ1n) is 8.06. The average Bonchev–Trinajstić information content (AvgIpc) is 2.51. The summed E-state index contributed by atoms with van der Waals surface area (Å²) in [5.41, 5.74) is 0. The van der Waals surface area contributed by atoms with Gasteiger partial charge in [-0.15, -0.1) is 0 Å². The monoisotopic (exact) mass is 362 g/mol. The van der Waals surface area contributed by atoms with Crippen LogP contribution in [0.3, 0.4) is 0 Å². The van der Waals surface area contributed by atoms with Crippen LogP contribution in [-0.2, 0) is 14.8 Å². The normalized spacial score (nSPS) is 18.0. The number of hydrogen-bond donors (Lipinski definition) is 1. The fraction of sp³-hybridized carbons (Fsp3) is 0.625. The summed E-state index contributed by atoms with van der Waals surface area (Å²) in [5.74, 6) is -1.81. The molecule has 1 aromatic carbocycles. The van der Waals surface area contributed by atoms with E-state index in [1.165, 1.54) is 0 Å². The lowest BCUT2D eigenvalue weighted by Crippen LogP contribution is -2.49. The van der Waals surface area contributed by atoms with Crippen LogP contribution in [0.5, 0.6) is 0 Å². The molecule has 2 rings (SSSR count). The third-order valence-electron chi connectivity index (χ3n) is 4.00. The van der Waals surface area contributed by atoms with Crippen LogP contribution in [-0.4, -0.2) is 52.2 Å². The highest BCUT2D eigenvalue weighted by Crippen LogP contribution is 2.19. The fourth-order valence-electron chi connectivity index (χ4n) is 2.87. The second-order valence-corrected chi connectivity index (χ2v) is 8.04. The van der Waals surface area contributed by atoms with Gasteiger partial charge in [0.15, 0.2) is 4.90 Å².